The summed E-state index contributed by atoms with van der Waals surface area (Å²) in [5.41, 5.74) is 3.18. The Morgan fingerprint density at radius 2 is 1.97 bits per heavy atom. The molecule has 0 fully saturated rings. The average molecular weight is 483 g/mol. The van der Waals surface area contributed by atoms with Crippen LogP contribution in [0.5, 0.6) is 0 Å². The van der Waals surface area contributed by atoms with Crippen LogP contribution in [0.4, 0.5) is 5.69 Å². The quantitative estimate of drug-likeness (QED) is 0.440. The zero-order valence-electron chi connectivity index (χ0n) is 21.0. The molecule has 0 spiro atoms. The van der Waals surface area contributed by atoms with Crippen molar-refractivity contribution in [3.63, 3.8) is 0 Å². The third-order valence-electron chi connectivity index (χ3n) is 5.28. The smallest absolute Gasteiger partial charge is 0.309 e. The van der Waals surface area contributed by atoms with E-state index in [1.807, 2.05) is 45.0 Å². The number of rotatable bonds is 8. The second-order valence-corrected chi connectivity index (χ2v) is 8.74. The Labute approximate surface area is 206 Å². The molecule has 2 heterocycles. The summed E-state index contributed by atoms with van der Waals surface area (Å²) in [6.07, 6.45) is 6.27. The number of para-hydroxylation sites is 1. The second-order valence-electron chi connectivity index (χ2n) is 8.74. The monoisotopic (exact) mass is 482 g/mol. The molecule has 2 N–H and O–H groups in total. The first-order valence-electron chi connectivity index (χ1n) is 11.2. The van der Waals surface area contributed by atoms with Gasteiger partial charge in [-0.1, -0.05) is 30.9 Å². The fraction of sp³-hybridized carbons (Fsp3) is 0.385. The fourth-order valence-corrected chi connectivity index (χ4v) is 3.34. The molecule has 9 nitrogen and oxygen atoms in total. The molecule has 1 aromatic heterocycles. The lowest BCUT2D eigenvalue weighted by Gasteiger charge is -2.24. The third kappa shape index (κ3) is 7.65. The van der Waals surface area contributed by atoms with Crippen molar-refractivity contribution in [1.29, 1.82) is 0 Å². The van der Waals surface area contributed by atoms with E-state index in [4.69, 9.17) is 4.74 Å². The summed E-state index contributed by atoms with van der Waals surface area (Å²) in [7, 11) is 3.04. The number of esters is 1. The maximum atomic E-state index is 12.8. The number of nitrogens with one attached hydrogen (secondary N) is 2. The van der Waals surface area contributed by atoms with Crippen molar-refractivity contribution in [1.82, 2.24) is 15.3 Å². The Bertz CT molecular complexity index is 1070. The van der Waals surface area contributed by atoms with E-state index in [2.05, 4.69) is 26.6 Å². The molecular weight excluding hydrogens is 448 g/mol. The van der Waals surface area contributed by atoms with Crippen LogP contribution in [0.3, 0.4) is 0 Å². The van der Waals surface area contributed by atoms with Crippen LogP contribution in [0.1, 0.15) is 56.0 Å². The van der Waals surface area contributed by atoms with Gasteiger partial charge in [0.25, 0.3) is 0 Å². The maximum absolute atomic E-state index is 12.8. The number of ether oxygens (including phenoxy) is 2. The summed E-state index contributed by atoms with van der Waals surface area (Å²) in [6, 6.07) is 7.30. The average Bonchev–Trinajstić information content (AvgIpc) is 3.43. The van der Waals surface area contributed by atoms with E-state index in [-0.39, 0.29) is 36.5 Å². The van der Waals surface area contributed by atoms with Crippen molar-refractivity contribution >= 4 is 36.1 Å². The van der Waals surface area contributed by atoms with Gasteiger partial charge in [0.15, 0.2) is 0 Å². The molecule has 1 aromatic carbocycles. The Morgan fingerprint density at radius 1 is 1.29 bits per heavy atom. The molecule has 1 atom stereocenters. The Kier molecular flexibility index (Phi) is 9.96. The summed E-state index contributed by atoms with van der Waals surface area (Å²) < 4.78 is 9.57. The van der Waals surface area contributed by atoms with Gasteiger partial charge in [-0.3, -0.25) is 19.3 Å². The van der Waals surface area contributed by atoms with Crippen LogP contribution in [-0.2, 0) is 30.3 Å². The highest BCUT2D eigenvalue weighted by molar-refractivity contribution is 5.98. The number of methoxy groups -OCH3 is 2. The molecule has 35 heavy (non-hydrogen) atoms. The van der Waals surface area contributed by atoms with E-state index in [0.717, 1.165) is 11.3 Å². The fourth-order valence-electron chi connectivity index (χ4n) is 3.34. The lowest BCUT2D eigenvalue weighted by atomic mass is 10.1. The standard InChI is InChI=1S/C21H22N4O4.C5H12O/c1-3-15-16(8-6-10-20(28)29-2)24-21(23-15)18-11-14-7-4-5-9-17(14)25(18)19(27)12-22-13-26;1-5(2,3)6-4/h3-9,13,18H,1,10-12H2,2H3,(H,22,26)(H,23,24);1-4H3/b8-6-;. The molecule has 1 unspecified atom stereocenters. The second kappa shape index (κ2) is 12.7. The summed E-state index contributed by atoms with van der Waals surface area (Å²) in [5.74, 6) is 0.0338. The SMILES string of the molecule is C=Cc1nc(C2Cc3ccccc3N2C(=O)CNC=O)[nH]c1/C=C\CC(=O)OC.COC(C)(C)C. The topological polar surface area (TPSA) is 114 Å². The van der Waals surface area contributed by atoms with E-state index in [1.165, 1.54) is 7.11 Å². The van der Waals surface area contributed by atoms with Gasteiger partial charge in [-0.2, -0.15) is 0 Å². The van der Waals surface area contributed by atoms with Crippen molar-refractivity contribution in [3.05, 3.63) is 59.7 Å². The summed E-state index contributed by atoms with van der Waals surface area (Å²) >= 11 is 0. The minimum atomic E-state index is -0.341. The summed E-state index contributed by atoms with van der Waals surface area (Å²) in [4.78, 5) is 44.2. The van der Waals surface area contributed by atoms with Crippen LogP contribution in [-0.4, -0.2) is 54.6 Å². The van der Waals surface area contributed by atoms with Crippen LogP contribution in [0.25, 0.3) is 12.2 Å². The lowest BCUT2D eigenvalue weighted by Crippen LogP contribution is -2.39. The number of carbonyl (C=O) groups excluding carboxylic acids is 3. The number of carbonyl (C=O) groups is 3. The number of amides is 2. The van der Waals surface area contributed by atoms with Gasteiger partial charge >= 0.3 is 5.97 Å². The molecule has 0 saturated heterocycles. The molecule has 2 amide bonds. The van der Waals surface area contributed by atoms with E-state index < -0.39 is 0 Å². The van der Waals surface area contributed by atoms with E-state index in [1.54, 1.807) is 30.2 Å². The summed E-state index contributed by atoms with van der Waals surface area (Å²) in [5, 5.41) is 2.43. The third-order valence-corrected chi connectivity index (χ3v) is 5.28. The first-order chi connectivity index (χ1) is 16.6. The van der Waals surface area contributed by atoms with Crippen molar-refractivity contribution in [3.8, 4) is 0 Å². The largest absolute Gasteiger partial charge is 0.469 e. The molecule has 9 heteroatoms. The van der Waals surface area contributed by atoms with Crippen LogP contribution in [0, 0.1) is 0 Å². The minimum Gasteiger partial charge on any atom is -0.469 e. The highest BCUT2D eigenvalue weighted by Crippen LogP contribution is 2.39. The number of fused-ring (bicyclic) bond motifs is 1. The molecule has 2 aromatic rings. The van der Waals surface area contributed by atoms with Crippen molar-refractivity contribution in [2.45, 2.75) is 45.3 Å². The molecule has 1 aliphatic rings. The first kappa shape index (κ1) is 27.5. The van der Waals surface area contributed by atoms with E-state index in [0.29, 0.717) is 30.0 Å². The van der Waals surface area contributed by atoms with E-state index >= 15 is 0 Å². The van der Waals surface area contributed by atoms with Gasteiger partial charge in [-0.15, -0.1) is 0 Å². The predicted octanol–water partition coefficient (Wildman–Crippen LogP) is 3.44. The molecule has 0 radical (unpaired) electrons. The number of imidazole rings is 1. The number of nitrogens with zero attached hydrogens (tertiary/aromatic N) is 2. The number of anilines is 1. The molecular formula is C26H34N4O5. The van der Waals surface area contributed by atoms with Gasteiger partial charge in [-0.25, -0.2) is 4.98 Å². The zero-order chi connectivity index (χ0) is 26.0. The van der Waals surface area contributed by atoms with Gasteiger partial charge in [0.05, 0.1) is 43.1 Å². The number of benzene rings is 1. The van der Waals surface area contributed by atoms with Crippen LogP contribution in [0.2, 0.25) is 0 Å². The number of aromatic amines is 1. The first-order valence-corrected chi connectivity index (χ1v) is 11.2. The van der Waals surface area contributed by atoms with Gasteiger partial charge in [0.2, 0.25) is 12.3 Å². The number of H-pyrrole nitrogens is 1. The van der Waals surface area contributed by atoms with Crippen LogP contribution in [0.15, 0.2) is 36.9 Å². The van der Waals surface area contributed by atoms with Gasteiger partial charge in [0, 0.05) is 19.2 Å². The molecule has 1 aliphatic heterocycles. The van der Waals surface area contributed by atoms with Gasteiger partial charge in [0.1, 0.15) is 5.82 Å². The maximum Gasteiger partial charge on any atom is 0.309 e. The number of hydrogen-bond donors (Lipinski definition) is 2. The van der Waals surface area contributed by atoms with E-state index in [9.17, 15) is 14.4 Å². The van der Waals surface area contributed by atoms with Crippen molar-refractivity contribution < 1.29 is 23.9 Å². The highest BCUT2D eigenvalue weighted by Gasteiger charge is 2.36. The highest BCUT2D eigenvalue weighted by atomic mass is 16.5. The normalized spacial score (nSPS) is 14.7. The molecule has 0 aliphatic carbocycles. The summed E-state index contributed by atoms with van der Waals surface area (Å²) in [6.45, 7) is 9.75. The van der Waals surface area contributed by atoms with Gasteiger partial charge < -0.3 is 19.8 Å². The molecule has 3 rings (SSSR count). The van der Waals surface area contributed by atoms with Crippen LogP contribution >= 0.6 is 0 Å². The lowest BCUT2D eigenvalue weighted by molar-refractivity contribution is -0.139. The van der Waals surface area contributed by atoms with Crippen molar-refractivity contribution in [2.75, 3.05) is 25.7 Å². The van der Waals surface area contributed by atoms with Crippen molar-refractivity contribution in [2.24, 2.45) is 0 Å². The molecule has 0 saturated carbocycles. The number of aromatic nitrogens is 2. The Hall–Kier alpha value is -3.72. The minimum absolute atomic E-state index is 0.0417. The number of hydrogen-bond acceptors (Lipinski definition) is 6. The van der Waals surface area contributed by atoms with Gasteiger partial charge in [-0.05, 0) is 44.6 Å². The molecule has 0 bridgehead atoms. The molecule has 188 valence electrons. The Morgan fingerprint density at radius 3 is 2.57 bits per heavy atom. The zero-order valence-corrected chi connectivity index (χ0v) is 21.0. The Balaban J connectivity index is 0.000000641. The predicted molar refractivity (Wildman–Crippen MR) is 136 cm³/mol. The van der Waals surface area contributed by atoms with Crippen LogP contribution < -0.4 is 10.2 Å².